The average Bonchev–Trinajstić information content (AvgIpc) is 3.02. The normalized spacial score (nSPS) is 19.2. The Hall–Kier alpha value is -1.88. The highest BCUT2D eigenvalue weighted by Crippen LogP contribution is 2.24. The monoisotopic (exact) mass is 331 g/mol. The molecule has 0 saturated carbocycles. The number of nitrogens with two attached hydrogens (primary N) is 1. The molecule has 5 heteroatoms. The summed E-state index contributed by atoms with van der Waals surface area (Å²) in [5.41, 5.74) is 7.36. The van der Waals surface area contributed by atoms with E-state index in [0.29, 0.717) is 6.54 Å². The van der Waals surface area contributed by atoms with E-state index in [0.717, 1.165) is 49.9 Å². The Balaban J connectivity index is 2.04. The Labute approximate surface area is 144 Å². The molecule has 0 bridgehead atoms. The third-order valence-electron chi connectivity index (χ3n) is 4.78. The first kappa shape index (κ1) is 18.5. The molecule has 1 aromatic carbocycles. The first-order valence-electron chi connectivity index (χ1n) is 8.95. The number of anilines is 1. The summed E-state index contributed by atoms with van der Waals surface area (Å²) in [5.74, 6) is -0.200. The molecule has 1 heterocycles. The van der Waals surface area contributed by atoms with Gasteiger partial charge in [0.15, 0.2) is 0 Å². The van der Waals surface area contributed by atoms with Crippen molar-refractivity contribution in [3.8, 4) is 0 Å². The summed E-state index contributed by atoms with van der Waals surface area (Å²) in [5, 5.41) is 3.06. The Kier molecular flexibility index (Phi) is 6.79. The lowest BCUT2D eigenvalue weighted by Gasteiger charge is -2.23. The van der Waals surface area contributed by atoms with Gasteiger partial charge >= 0.3 is 0 Å². The summed E-state index contributed by atoms with van der Waals surface area (Å²) in [7, 11) is 0. The van der Waals surface area contributed by atoms with Crippen molar-refractivity contribution < 1.29 is 9.59 Å². The van der Waals surface area contributed by atoms with Gasteiger partial charge in [0, 0.05) is 18.2 Å². The van der Waals surface area contributed by atoms with E-state index >= 15 is 0 Å². The second-order valence-corrected chi connectivity index (χ2v) is 6.72. The number of nitrogens with zero attached hydrogens (tertiary/aromatic N) is 1. The Bertz CT molecular complexity index is 573. The van der Waals surface area contributed by atoms with Gasteiger partial charge in [-0.1, -0.05) is 44.9 Å². The van der Waals surface area contributed by atoms with Crippen LogP contribution in [-0.4, -0.2) is 29.3 Å². The fourth-order valence-corrected chi connectivity index (χ4v) is 3.23. The van der Waals surface area contributed by atoms with E-state index in [2.05, 4.69) is 17.1 Å². The molecule has 2 amide bonds. The molecule has 2 atom stereocenters. The van der Waals surface area contributed by atoms with E-state index in [1.165, 1.54) is 0 Å². The van der Waals surface area contributed by atoms with E-state index in [1.54, 1.807) is 0 Å². The standard InChI is InChI=1S/C19H29N3O2/c1-3-4-8-14(2)19(24)21-16-10-6-5-9-15(16)13-22-12-7-11-17(22)18(20)23/h5-6,9-10,14,17H,3-4,7-8,11-13H2,1-2H3,(H2,20,23)(H,21,24)/t14-,17+/m0/s1. The number of likely N-dealkylation sites (tertiary alicyclic amines) is 1. The Morgan fingerprint density at radius 2 is 2.12 bits per heavy atom. The van der Waals surface area contributed by atoms with Gasteiger partial charge in [0.05, 0.1) is 6.04 Å². The quantitative estimate of drug-likeness (QED) is 0.769. The predicted octanol–water partition coefficient (Wildman–Crippen LogP) is 2.90. The van der Waals surface area contributed by atoms with Gasteiger partial charge in [-0.15, -0.1) is 0 Å². The van der Waals surface area contributed by atoms with E-state index < -0.39 is 0 Å². The summed E-state index contributed by atoms with van der Waals surface area (Å²) in [4.78, 5) is 26.1. The zero-order valence-electron chi connectivity index (χ0n) is 14.8. The van der Waals surface area contributed by atoms with Gasteiger partial charge < -0.3 is 11.1 Å². The highest BCUT2D eigenvalue weighted by atomic mass is 16.2. The largest absolute Gasteiger partial charge is 0.368 e. The lowest BCUT2D eigenvalue weighted by molar-refractivity contribution is -0.122. The molecule has 0 radical (unpaired) electrons. The first-order chi connectivity index (χ1) is 11.5. The van der Waals surface area contributed by atoms with Crippen LogP contribution in [0.1, 0.15) is 51.5 Å². The third-order valence-corrected chi connectivity index (χ3v) is 4.78. The molecule has 3 N–H and O–H groups in total. The lowest BCUT2D eigenvalue weighted by atomic mass is 10.0. The molecule has 1 aliphatic heterocycles. The molecule has 2 rings (SSSR count). The second kappa shape index (κ2) is 8.83. The van der Waals surface area contributed by atoms with Crippen LogP contribution in [0.3, 0.4) is 0 Å². The zero-order chi connectivity index (χ0) is 17.5. The Morgan fingerprint density at radius 1 is 1.38 bits per heavy atom. The van der Waals surface area contributed by atoms with Crippen molar-refractivity contribution in [2.24, 2.45) is 11.7 Å². The Morgan fingerprint density at radius 3 is 2.83 bits per heavy atom. The van der Waals surface area contributed by atoms with Gasteiger partial charge in [-0.25, -0.2) is 0 Å². The fourth-order valence-electron chi connectivity index (χ4n) is 3.23. The third kappa shape index (κ3) is 4.81. The van der Waals surface area contributed by atoms with Gasteiger partial charge in [0.25, 0.3) is 0 Å². The van der Waals surface area contributed by atoms with E-state index in [4.69, 9.17) is 5.73 Å². The molecule has 24 heavy (non-hydrogen) atoms. The maximum atomic E-state index is 12.4. The number of primary amides is 1. The molecule has 1 aliphatic rings. The number of amides is 2. The minimum Gasteiger partial charge on any atom is -0.368 e. The number of hydrogen-bond donors (Lipinski definition) is 2. The first-order valence-corrected chi connectivity index (χ1v) is 8.95. The molecular formula is C19H29N3O2. The van der Waals surface area contributed by atoms with Crippen molar-refractivity contribution in [1.82, 2.24) is 4.90 Å². The van der Waals surface area contributed by atoms with Crippen molar-refractivity contribution in [2.45, 2.75) is 58.5 Å². The number of nitrogens with one attached hydrogen (secondary N) is 1. The van der Waals surface area contributed by atoms with Crippen LogP contribution >= 0.6 is 0 Å². The minimum atomic E-state index is -0.262. The zero-order valence-corrected chi connectivity index (χ0v) is 14.8. The summed E-state index contributed by atoms with van der Waals surface area (Å²) in [6.45, 7) is 5.60. The molecule has 1 aromatic rings. The average molecular weight is 331 g/mol. The number of benzene rings is 1. The van der Waals surface area contributed by atoms with Gasteiger partial charge in [0.2, 0.25) is 11.8 Å². The van der Waals surface area contributed by atoms with Crippen molar-refractivity contribution >= 4 is 17.5 Å². The molecule has 1 saturated heterocycles. The van der Waals surface area contributed by atoms with Crippen molar-refractivity contribution in [3.63, 3.8) is 0 Å². The van der Waals surface area contributed by atoms with Crippen LogP contribution in [0.2, 0.25) is 0 Å². The summed E-state index contributed by atoms with van der Waals surface area (Å²) < 4.78 is 0. The van der Waals surface area contributed by atoms with Crippen molar-refractivity contribution in [2.75, 3.05) is 11.9 Å². The topological polar surface area (TPSA) is 75.4 Å². The number of hydrogen-bond acceptors (Lipinski definition) is 3. The van der Waals surface area contributed by atoms with Crippen molar-refractivity contribution in [1.29, 1.82) is 0 Å². The SMILES string of the molecule is CCCC[C@H](C)C(=O)Nc1ccccc1CN1CCC[C@@H]1C(N)=O. The number of para-hydroxylation sites is 1. The van der Waals surface area contributed by atoms with Crippen LogP contribution in [0.15, 0.2) is 24.3 Å². The van der Waals surface area contributed by atoms with Crippen molar-refractivity contribution in [3.05, 3.63) is 29.8 Å². The summed E-state index contributed by atoms with van der Waals surface area (Å²) in [6.07, 6.45) is 4.86. The molecule has 5 nitrogen and oxygen atoms in total. The van der Waals surface area contributed by atoms with Crippen LogP contribution in [0, 0.1) is 5.92 Å². The van der Waals surface area contributed by atoms with E-state index in [-0.39, 0.29) is 23.8 Å². The predicted molar refractivity (Wildman–Crippen MR) is 96.4 cm³/mol. The van der Waals surface area contributed by atoms with E-state index in [1.807, 2.05) is 31.2 Å². The number of carbonyl (C=O) groups excluding carboxylic acids is 2. The molecule has 0 aromatic heterocycles. The molecule has 0 aliphatic carbocycles. The van der Waals surface area contributed by atoms with Gasteiger partial charge in [-0.2, -0.15) is 0 Å². The van der Waals surface area contributed by atoms with Crippen LogP contribution in [0.5, 0.6) is 0 Å². The highest BCUT2D eigenvalue weighted by molar-refractivity contribution is 5.93. The van der Waals surface area contributed by atoms with Gasteiger partial charge in [-0.05, 0) is 37.4 Å². The lowest BCUT2D eigenvalue weighted by Crippen LogP contribution is -2.39. The molecule has 0 unspecified atom stereocenters. The number of unbranched alkanes of at least 4 members (excludes halogenated alkanes) is 1. The highest BCUT2D eigenvalue weighted by Gasteiger charge is 2.29. The van der Waals surface area contributed by atoms with Gasteiger partial charge in [-0.3, -0.25) is 14.5 Å². The summed E-state index contributed by atoms with van der Waals surface area (Å²) >= 11 is 0. The fraction of sp³-hybridized carbons (Fsp3) is 0.579. The minimum absolute atomic E-state index is 0.00293. The molecular weight excluding hydrogens is 302 g/mol. The van der Waals surface area contributed by atoms with Crippen LogP contribution < -0.4 is 11.1 Å². The summed E-state index contributed by atoms with van der Waals surface area (Å²) in [6, 6.07) is 7.61. The van der Waals surface area contributed by atoms with Crippen LogP contribution in [-0.2, 0) is 16.1 Å². The number of rotatable bonds is 8. The maximum Gasteiger partial charge on any atom is 0.234 e. The molecule has 1 fully saturated rings. The molecule has 132 valence electrons. The smallest absolute Gasteiger partial charge is 0.234 e. The van der Waals surface area contributed by atoms with Crippen LogP contribution in [0.4, 0.5) is 5.69 Å². The maximum absolute atomic E-state index is 12.4. The van der Waals surface area contributed by atoms with Crippen LogP contribution in [0.25, 0.3) is 0 Å². The van der Waals surface area contributed by atoms with E-state index in [9.17, 15) is 9.59 Å². The second-order valence-electron chi connectivity index (χ2n) is 6.72. The number of carbonyl (C=O) groups is 2. The van der Waals surface area contributed by atoms with Gasteiger partial charge in [0.1, 0.15) is 0 Å². The molecule has 0 spiro atoms.